The zero-order chi connectivity index (χ0) is 10.8. The third-order valence-electron chi connectivity index (χ3n) is 2.82. The highest BCUT2D eigenvalue weighted by Crippen LogP contribution is 2.20. The van der Waals surface area contributed by atoms with Crippen molar-refractivity contribution in [1.82, 2.24) is 0 Å². The molecule has 78 valence electrons. The van der Waals surface area contributed by atoms with Crippen LogP contribution in [-0.4, -0.2) is 5.54 Å². The summed E-state index contributed by atoms with van der Waals surface area (Å²) in [6, 6.07) is 8.37. The zero-order valence-corrected chi connectivity index (χ0v) is 10.6. The summed E-state index contributed by atoms with van der Waals surface area (Å²) in [6.45, 7) is 6.44. The van der Waals surface area contributed by atoms with Crippen molar-refractivity contribution in [3.8, 4) is 0 Å². The molecule has 2 N–H and O–H groups in total. The van der Waals surface area contributed by atoms with Gasteiger partial charge in [0.05, 0.1) is 0 Å². The molecule has 1 atom stereocenters. The molecule has 0 aliphatic rings. The Morgan fingerprint density at radius 2 is 1.79 bits per heavy atom. The van der Waals surface area contributed by atoms with Crippen LogP contribution in [-0.2, 0) is 6.42 Å². The van der Waals surface area contributed by atoms with Gasteiger partial charge in [0.1, 0.15) is 0 Å². The molecular formula is C12H18BrN. The standard InChI is InChI=1S/C12H18BrN/c1-9(2)12(3,14)8-10-4-6-11(13)7-5-10/h4-7,9H,8,14H2,1-3H3. The lowest BCUT2D eigenvalue weighted by atomic mass is 9.84. The van der Waals surface area contributed by atoms with Gasteiger partial charge in [-0.3, -0.25) is 0 Å². The van der Waals surface area contributed by atoms with Gasteiger partial charge in [0.15, 0.2) is 0 Å². The summed E-state index contributed by atoms with van der Waals surface area (Å²) in [4.78, 5) is 0. The van der Waals surface area contributed by atoms with E-state index in [9.17, 15) is 0 Å². The molecule has 0 amide bonds. The van der Waals surface area contributed by atoms with E-state index in [1.807, 2.05) is 0 Å². The first-order valence-electron chi connectivity index (χ1n) is 4.95. The summed E-state index contributed by atoms with van der Waals surface area (Å²) in [7, 11) is 0. The molecule has 1 aromatic carbocycles. The summed E-state index contributed by atoms with van der Waals surface area (Å²) in [5.74, 6) is 0.492. The lowest BCUT2D eigenvalue weighted by molar-refractivity contribution is 0.338. The largest absolute Gasteiger partial charge is 0.325 e. The maximum Gasteiger partial charge on any atom is 0.0189 e. The molecule has 0 aliphatic carbocycles. The lowest BCUT2D eigenvalue weighted by Crippen LogP contribution is -2.43. The fourth-order valence-corrected chi connectivity index (χ4v) is 1.51. The number of hydrogen-bond donors (Lipinski definition) is 1. The third-order valence-corrected chi connectivity index (χ3v) is 3.35. The van der Waals surface area contributed by atoms with Gasteiger partial charge in [-0.15, -0.1) is 0 Å². The van der Waals surface area contributed by atoms with Crippen LogP contribution in [0.25, 0.3) is 0 Å². The van der Waals surface area contributed by atoms with Gasteiger partial charge in [0.2, 0.25) is 0 Å². The SMILES string of the molecule is CC(C)C(C)(N)Cc1ccc(Br)cc1. The second kappa shape index (κ2) is 4.45. The quantitative estimate of drug-likeness (QED) is 0.881. The van der Waals surface area contributed by atoms with Crippen LogP contribution >= 0.6 is 15.9 Å². The molecule has 0 spiro atoms. The van der Waals surface area contributed by atoms with Gasteiger partial charge < -0.3 is 5.73 Å². The number of hydrogen-bond acceptors (Lipinski definition) is 1. The number of rotatable bonds is 3. The molecule has 14 heavy (non-hydrogen) atoms. The molecule has 0 saturated heterocycles. The van der Waals surface area contributed by atoms with Crippen molar-refractivity contribution in [3.63, 3.8) is 0 Å². The Kier molecular flexibility index (Phi) is 3.73. The van der Waals surface area contributed by atoms with Crippen LogP contribution in [0.4, 0.5) is 0 Å². The van der Waals surface area contributed by atoms with E-state index in [-0.39, 0.29) is 5.54 Å². The monoisotopic (exact) mass is 255 g/mol. The normalized spacial score (nSPS) is 15.6. The summed E-state index contributed by atoms with van der Waals surface area (Å²) in [5, 5.41) is 0. The van der Waals surface area contributed by atoms with Gasteiger partial charge in [-0.2, -0.15) is 0 Å². The van der Waals surface area contributed by atoms with E-state index in [4.69, 9.17) is 5.73 Å². The predicted molar refractivity (Wildman–Crippen MR) is 65.3 cm³/mol. The Balaban J connectivity index is 2.74. The first-order chi connectivity index (χ1) is 6.42. The van der Waals surface area contributed by atoms with Crippen molar-refractivity contribution in [2.24, 2.45) is 11.7 Å². The minimum atomic E-state index is -0.117. The van der Waals surface area contributed by atoms with Crippen LogP contribution in [0.5, 0.6) is 0 Å². The number of nitrogens with two attached hydrogens (primary N) is 1. The van der Waals surface area contributed by atoms with Gasteiger partial charge in [0, 0.05) is 10.0 Å². The van der Waals surface area contributed by atoms with Crippen LogP contribution in [0.1, 0.15) is 26.3 Å². The smallest absolute Gasteiger partial charge is 0.0189 e. The molecule has 0 heterocycles. The molecule has 1 rings (SSSR count). The van der Waals surface area contributed by atoms with Crippen molar-refractivity contribution in [2.45, 2.75) is 32.7 Å². The zero-order valence-electron chi connectivity index (χ0n) is 9.05. The van der Waals surface area contributed by atoms with Crippen LogP contribution in [0.15, 0.2) is 28.7 Å². The summed E-state index contributed by atoms with van der Waals surface area (Å²) < 4.78 is 1.12. The Bertz CT molecular complexity index is 288. The Hall–Kier alpha value is -0.340. The fraction of sp³-hybridized carbons (Fsp3) is 0.500. The maximum absolute atomic E-state index is 6.22. The van der Waals surface area contributed by atoms with Crippen LogP contribution < -0.4 is 5.73 Å². The minimum absolute atomic E-state index is 0.117. The highest BCUT2D eigenvalue weighted by molar-refractivity contribution is 9.10. The van der Waals surface area contributed by atoms with E-state index in [2.05, 4.69) is 61.0 Å². The third kappa shape index (κ3) is 3.10. The van der Waals surface area contributed by atoms with E-state index in [1.54, 1.807) is 0 Å². The maximum atomic E-state index is 6.22. The fourth-order valence-electron chi connectivity index (χ4n) is 1.25. The van der Waals surface area contributed by atoms with Crippen molar-refractivity contribution in [2.75, 3.05) is 0 Å². The highest BCUT2D eigenvalue weighted by Gasteiger charge is 2.22. The molecule has 0 bridgehead atoms. The molecular weight excluding hydrogens is 238 g/mol. The summed E-state index contributed by atoms with van der Waals surface area (Å²) in [6.07, 6.45) is 0.929. The second-order valence-electron chi connectivity index (χ2n) is 4.46. The Morgan fingerprint density at radius 1 is 1.29 bits per heavy atom. The van der Waals surface area contributed by atoms with E-state index in [0.717, 1.165) is 10.9 Å². The average molecular weight is 256 g/mol. The molecule has 1 nitrogen and oxygen atoms in total. The molecule has 1 aromatic rings. The lowest BCUT2D eigenvalue weighted by Gasteiger charge is -2.29. The molecule has 2 heteroatoms. The van der Waals surface area contributed by atoms with E-state index >= 15 is 0 Å². The van der Waals surface area contributed by atoms with Crippen molar-refractivity contribution in [1.29, 1.82) is 0 Å². The van der Waals surface area contributed by atoms with Gasteiger partial charge in [0.25, 0.3) is 0 Å². The van der Waals surface area contributed by atoms with Crippen LogP contribution in [0.2, 0.25) is 0 Å². The van der Waals surface area contributed by atoms with Crippen molar-refractivity contribution < 1.29 is 0 Å². The molecule has 0 aromatic heterocycles. The summed E-state index contributed by atoms with van der Waals surface area (Å²) in [5.41, 5.74) is 7.40. The second-order valence-corrected chi connectivity index (χ2v) is 5.38. The highest BCUT2D eigenvalue weighted by atomic mass is 79.9. The molecule has 1 unspecified atom stereocenters. The Labute approximate surface area is 94.8 Å². The van der Waals surface area contributed by atoms with Gasteiger partial charge >= 0.3 is 0 Å². The van der Waals surface area contributed by atoms with Crippen molar-refractivity contribution in [3.05, 3.63) is 34.3 Å². The first kappa shape index (κ1) is 11.7. The van der Waals surface area contributed by atoms with Crippen LogP contribution in [0.3, 0.4) is 0 Å². The van der Waals surface area contributed by atoms with Gasteiger partial charge in [-0.1, -0.05) is 41.9 Å². The van der Waals surface area contributed by atoms with Crippen molar-refractivity contribution >= 4 is 15.9 Å². The minimum Gasteiger partial charge on any atom is -0.325 e. The van der Waals surface area contributed by atoms with Crippen LogP contribution in [0, 0.1) is 5.92 Å². The number of halogens is 1. The molecule has 0 aliphatic heterocycles. The average Bonchev–Trinajstić information content (AvgIpc) is 2.08. The summed E-state index contributed by atoms with van der Waals surface area (Å²) >= 11 is 3.42. The molecule has 0 fully saturated rings. The van der Waals surface area contributed by atoms with Gasteiger partial charge in [-0.25, -0.2) is 0 Å². The molecule has 0 saturated carbocycles. The molecule has 0 radical (unpaired) electrons. The topological polar surface area (TPSA) is 26.0 Å². The predicted octanol–water partition coefficient (Wildman–Crippen LogP) is 3.37. The number of benzene rings is 1. The van der Waals surface area contributed by atoms with E-state index < -0.39 is 0 Å². The Morgan fingerprint density at radius 3 is 2.21 bits per heavy atom. The van der Waals surface area contributed by atoms with Gasteiger partial charge in [-0.05, 0) is 37.0 Å². The van der Waals surface area contributed by atoms with E-state index in [0.29, 0.717) is 5.92 Å². The van der Waals surface area contributed by atoms with E-state index in [1.165, 1.54) is 5.56 Å². The first-order valence-corrected chi connectivity index (χ1v) is 5.74.